The van der Waals surface area contributed by atoms with Crippen molar-refractivity contribution in [3.05, 3.63) is 36.1 Å². The van der Waals surface area contributed by atoms with Gasteiger partial charge >= 0.3 is 0 Å². The number of likely N-dealkylation sites (N-methyl/N-ethyl adjacent to an activating group) is 1. The van der Waals surface area contributed by atoms with Crippen molar-refractivity contribution in [3.8, 4) is 0 Å². The van der Waals surface area contributed by atoms with Crippen LogP contribution in [0, 0.1) is 0 Å². The molecular formula is C16H23NO2. The Morgan fingerprint density at radius 1 is 1.26 bits per heavy atom. The number of ether oxygens (including phenoxy) is 1. The van der Waals surface area contributed by atoms with Crippen LogP contribution in [-0.2, 0) is 4.74 Å². The molecule has 0 saturated carbocycles. The Balaban J connectivity index is 2.45. The van der Waals surface area contributed by atoms with E-state index in [-0.39, 0.29) is 11.6 Å². The van der Waals surface area contributed by atoms with E-state index in [0.717, 1.165) is 29.6 Å². The van der Waals surface area contributed by atoms with Crippen molar-refractivity contribution >= 4 is 11.0 Å². The fourth-order valence-electron chi connectivity index (χ4n) is 2.87. The molecule has 3 heteroatoms. The molecule has 0 spiro atoms. The van der Waals surface area contributed by atoms with E-state index in [4.69, 9.17) is 9.15 Å². The molecule has 0 saturated heterocycles. The highest BCUT2D eigenvalue weighted by Gasteiger charge is 2.38. The van der Waals surface area contributed by atoms with Gasteiger partial charge in [-0.05, 0) is 32.0 Å². The van der Waals surface area contributed by atoms with Crippen molar-refractivity contribution in [1.29, 1.82) is 0 Å². The van der Waals surface area contributed by atoms with Crippen LogP contribution in [0.25, 0.3) is 11.0 Å². The maximum Gasteiger partial charge on any atom is 0.134 e. The van der Waals surface area contributed by atoms with Gasteiger partial charge in [0.25, 0.3) is 0 Å². The van der Waals surface area contributed by atoms with Crippen LogP contribution in [0.15, 0.2) is 34.7 Å². The number of hydrogen-bond acceptors (Lipinski definition) is 3. The van der Waals surface area contributed by atoms with Crippen LogP contribution in [0.2, 0.25) is 0 Å². The van der Waals surface area contributed by atoms with Crippen molar-refractivity contribution in [2.75, 3.05) is 14.2 Å². The molecular weight excluding hydrogens is 238 g/mol. The molecule has 0 aliphatic heterocycles. The first-order chi connectivity index (χ1) is 9.20. The Morgan fingerprint density at radius 2 is 1.95 bits per heavy atom. The lowest BCUT2D eigenvalue weighted by Gasteiger charge is -2.37. The molecule has 1 atom stereocenters. The first kappa shape index (κ1) is 14.1. The molecule has 1 unspecified atom stereocenters. The predicted molar refractivity (Wildman–Crippen MR) is 78.3 cm³/mol. The Hall–Kier alpha value is -1.32. The first-order valence-corrected chi connectivity index (χ1v) is 6.91. The van der Waals surface area contributed by atoms with Gasteiger partial charge in [0.15, 0.2) is 0 Å². The van der Waals surface area contributed by atoms with E-state index in [9.17, 15) is 0 Å². The van der Waals surface area contributed by atoms with Crippen LogP contribution in [-0.4, -0.2) is 19.8 Å². The zero-order valence-electron chi connectivity index (χ0n) is 12.2. The molecule has 19 heavy (non-hydrogen) atoms. The summed E-state index contributed by atoms with van der Waals surface area (Å²) in [5, 5.41) is 4.49. The lowest BCUT2D eigenvalue weighted by Crippen LogP contribution is -2.43. The first-order valence-electron chi connectivity index (χ1n) is 6.91. The number of fused-ring (bicyclic) bond motifs is 1. The van der Waals surface area contributed by atoms with Gasteiger partial charge in [-0.3, -0.25) is 0 Å². The highest BCUT2D eigenvalue weighted by molar-refractivity contribution is 5.77. The van der Waals surface area contributed by atoms with E-state index in [1.165, 1.54) is 0 Å². The van der Waals surface area contributed by atoms with E-state index in [1.807, 2.05) is 25.2 Å². The van der Waals surface area contributed by atoms with Gasteiger partial charge in [-0.2, -0.15) is 0 Å². The molecule has 1 heterocycles. The van der Waals surface area contributed by atoms with Crippen LogP contribution >= 0.6 is 0 Å². The van der Waals surface area contributed by atoms with Crippen LogP contribution in [0.1, 0.15) is 38.5 Å². The third-order valence-corrected chi connectivity index (χ3v) is 4.15. The largest absolute Gasteiger partial charge is 0.459 e. The van der Waals surface area contributed by atoms with Crippen LogP contribution in [0.3, 0.4) is 0 Å². The van der Waals surface area contributed by atoms with E-state index < -0.39 is 0 Å². The normalized spacial score (nSPS) is 13.9. The zero-order valence-corrected chi connectivity index (χ0v) is 12.2. The molecule has 3 nitrogen and oxygen atoms in total. The van der Waals surface area contributed by atoms with Crippen molar-refractivity contribution in [2.45, 2.75) is 38.3 Å². The van der Waals surface area contributed by atoms with Crippen molar-refractivity contribution < 1.29 is 9.15 Å². The van der Waals surface area contributed by atoms with Gasteiger partial charge in [0, 0.05) is 12.5 Å². The van der Waals surface area contributed by atoms with Crippen molar-refractivity contribution in [1.82, 2.24) is 5.32 Å². The molecule has 2 rings (SSSR count). The van der Waals surface area contributed by atoms with Gasteiger partial charge in [-0.1, -0.05) is 32.0 Å². The molecule has 0 aliphatic rings. The predicted octanol–water partition coefficient (Wildman–Crippen LogP) is 3.90. The Labute approximate surface area is 114 Å². The second kappa shape index (κ2) is 5.76. The zero-order chi connectivity index (χ0) is 13.9. The number of methoxy groups -OCH3 is 1. The maximum absolute atomic E-state index is 5.99. The minimum absolute atomic E-state index is 0.0555. The summed E-state index contributed by atoms with van der Waals surface area (Å²) in [6.07, 6.45) is 1.87. The maximum atomic E-state index is 5.99. The Kier molecular flexibility index (Phi) is 4.27. The SMILES string of the molecule is CCC(CC)(OC)C(NC)c1cc2ccccc2o1. The van der Waals surface area contributed by atoms with E-state index in [1.54, 1.807) is 7.11 Å². The fourth-order valence-corrected chi connectivity index (χ4v) is 2.87. The summed E-state index contributed by atoms with van der Waals surface area (Å²) in [5.41, 5.74) is 0.692. The van der Waals surface area contributed by atoms with Gasteiger partial charge < -0.3 is 14.5 Å². The van der Waals surface area contributed by atoms with E-state index in [2.05, 4.69) is 31.3 Å². The number of rotatable bonds is 6. The lowest BCUT2D eigenvalue weighted by atomic mass is 9.86. The third kappa shape index (κ3) is 2.40. The van der Waals surface area contributed by atoms with Gasteiger partial charge in [0.05, 0.1) is 11.6 Å². The molecule has 1 aromatic heterocycles. The molecule has 0 amide bonds. The molecule has 0 aliphatic carbocycles. The van der Waals surface area contributed by atoms with E-state index >= 15 is 0 Å². The summed E-state index contributed by atoms with van der Waals surface area (Å²) >= 11 is 0. The Morgan fingerprint density at radius 3 is 2.47 bits per heavy atom. The molecule has 0 fully saturated rings. The van der Waals surface area contributed by atoms with E-state index in [0.29, 0.717) is 0 Å². The van der Waals surface area contributed by atoms with Gasteiger partial charge in [-0.15, -0.1) is 0 Å². The monoisotopic (exact) mass is 261 g/mol. The van der Waals surface area contributed by atoms with Crippen LogP contribution in [0.5, 0.6) is 0 Å². The molecule has 0 bridgehead atoms. The van der Waals surface area contributed by atoms with Crippen molar-refractivity contribution in [2.24, 2.45) is 0 Å². The summed E-state index contributed by atoms with van der Waals surface area (Å²) in [4.78, 5) is 0. The topological polar surface area (TPSA) is 34.4 Å². The number of nitrogens with one attached hydrogen (secondary N) is 1. The second-order valence-corrected chi connectivity index (χ2v) is 4.88. The van der Waals surface area contributed by atoms with Crippen LogP contribution in [0.4, 0.5) is 0 Å². The van der Waals surface area contributed by atoms with Gasteiger partial charge in [0.2, 0.25) is 0 Å². The van der Waals surface area contributed by atoms with Crippen LogP contribution < -0.4 is 5.32 Å². The van der Waals surface area contributed by atoms with Gasteiger partial charge in [-0.25, -0.2) is 0 Å². The minimum Gasteiger partial charge on any atom is -0.459 e. The van der Waals surface area contributed by atoms with Crippen molar-refractivity contribution in [3.63, 3.8) is 0 Å². The fraction of sp³-hybridized carbons (Fsp3) is 0.500. The molecule has 104 valence electrons. The number of furan rings is 1. The van der Waals surface area contributed by atoms with Gasteiger partial charge in [0.1, 0.15) is 11.3 Å². The summed E-state index contributed by atoms with van der Waals surface area (Å²) in [6.45, 7) is 4.31. The summed E-state index contributed by atoms with van der Waals surface area (Å²) in [6, 6.07) is 10.3. The smallest absolute Gasteiger partial charge is 0.134 e. The molecule has 1 N–H and O–H groups in total. The minimum atomic E-state index is -0.234. The lowest BCUT2D eigenvalue weighted by molar-refractivity contribution is -0.0514. The summed E-state index contributed by atoms with van der Waals surface area (Å²) in [5.74, 6) is 0.939. The Bertz CT molecular complexity index is 487. The molecule has 2 aromatic rings. The molecule has 0 radical (unpaired) electrons. The highest BCUT2D eigenvalue weighted by Crippen LogP contribution is 2.36. The second-order valence-electron chi connectivity index (χ2n) is 4.88. The highest BCUT2D eigenvalue weighted by atomic mass is 16.5. The average Bonchev–Trinajstić information content (AvgIpc) is 2.88. The number of benzene rings is 1. The number of para-hydroxylation sites is 1. The summed E-state index contributed by atoms with van der Waals surface area (Å²) < 4.78 is 11.8. The quantitative estimate of drug-likeness (QED) is 0.856. The third-order valence-electron chi connectivity index (χ3n) is 4.15. The standard InChI is InChI=1S/C16H23NO2/c1-5-16(6-2,18-4)15(17-3)14-11-12-9-7-8-10-13(12)19-14/h7-11,15,17H,5-6H2,1-4H3. The average molecular weight is 261 g/mol. The number of hydrogen-bond donors (Lipinski definition) is 1. The molecule has 1 aromatic carbocycles. The summed E-state index contributed by atoms with van der Waals surface area (Å²) in [7, 11) is 3.73.